The zero-order valence-corrected chi connectivity index (χ0v) is 16.1. The monoisotopic (exact) mass is 385 g/mol. The van der Waals surface area contributed by atoms with E-state index in [9.17, 15) is 0 Å². The van der Waals surface area contributed by atoms with Gasteiger partial charge in [0.1, 0.15) is 17.2 Å². The molecule has 0 saturated heterocycles. The molecule has 144 valence electrons. The molecule has 29 heavy (non-hydrogen) atoms. The number of hydrogen-bond donors (Lipinski definition) is 0. The Kier molecular flexibility index (Phi) is 5.33. The second-order valence-electron chi connectivity index (χ2n) is 6.35. The second kappa shape index (κ2) is 8.39. The molecule has 0 spiro atoms. The van der Waals surface area contributed by atoms with Crippen LogP contribution in [0.15, 0.2) is 79.0 Å². The lowest BCUT2D eigenvalue weighted by Crippen LogP contribution is -1.94. The minimum Gasteiger partial charge on any atom is -0.439 e. The summed E-state index contributed by atoms with van der Waals surface area (Å²) >= 11 is 0. The van der Waals surface area contributed by atoms with Crippen LogP contribution >= 0.6 is 0 Å². The Hall–Kier alpha value is -3.93. The van der Waals surface area contributed by atoms with E-state index in [2.05, 4.69) is 15.0 Å². The van der Waals surface area contributed by atoms with Crippen molar-refractivity contribution in [1.82, 2.24) is 15.0 Å². The van der Waals surface area contributed by atoms with Crippen LogP contribution in [0.3, 0.4) is 0 Å². The highest BCUT2D eigenvalue weighted by molar-refractivity contribution is 5.45. The molecule has 0 N–H and O–H groups in total. The topological polar surface area (TPSA) is 66.4 Å². The van der Waals surface area contributed by atoms with Gasteiger partial charge in [-0.25, -0.2) is 15.0 Å². The van der Waals surface area contributed by atoms with Gasteiger partial charge in [0.15, 0.2) is 0 Å². The molecule has 1 aromatic carbocycles. The molecule has 0 bridgehead atoms. The summed E-state index contributed by atoms with van der Waals surface area (Å²) in [6.45, 7) is 3.82. The van der Waals surface area contributed by atoms with Crippen molar-refractivity contribution in [3.63, 3.8) is 0 Å². The number of pyridine rings is 3. The van der Waals surface area contributed by atoms with Crippen molar-refractivity contribution in [1.29, 1.82) is 0 Å². The third-order valence-electron chi connectivity index (χ3n) is 3.88. The summed E-state index contributed by atoms with van der Waals surface area (Å²) in [5.74, 6) is 3.02. The fraction of sp³-hybridized carbons (Fsp3) is 0.0870. The normalized spacial score (nSPS) is 10.4. The van der Waals surface area contributed by atoms with Crippen LogP contribution in [0.1, 0.15) is 11.4 Å². The maximum Gasteiger partial charge on any atom is 0.219 e. The number of aryl methyl sites for hydroxylation is 2. The fourth-order valence-electron chi connectivity index (χ4n) is 2.64. The third-order valence-corrected chi connectivity index (χ3v) is 3.88. The van der Waals surface area contributed by atoms with Crippen LogP contribution in [0.25, 0.3) is 0 Å². The SMILES string of the molecule is Cc1cccc(Oc2cc(Oc3ccccn3)cc(Oc3cccc(C)n3)c2)n1. The van der Waals surface area contributed by atoms with Gasteiger partial charge in [0.05, 0.1) is 0 Å². The lowest BCUT2D eigenvalue weighted by molar-refractivity contribution is 0.422. The van der Waals surface area contributed by atoms with E-state index in [1.165, 1.54) is 0 Å². The van der Waals surface area contributed by atoms with Crippen LogP contribution < -0.4 is 14.2 Å². The average molecular weight is 385 g/mol. The lowest BCUT2D eigenvalue weighted by Gasteiger charge is -2.12. The molecule has 0 unspecified atom stereocenters. The highest BCUT2D eigenvalue weighted by atomic mass is 16.5. The highest BCUT2D eigenvalue weighted by Crippen LogP contribution is 2.34. The Morgan fingerprint density at radius 2 is 1.03 bits per heavy atom. The van der Waals surface area contributed by atoms with E-state index in [0.29, 0.717) is 34.9 Å². The Labute approximate surface area is 168 Å². The first kappa shape index (κ1) is 18.4. The first-order valence-electron chi connectivity index (χ1n) is 9.11. The Bertz CT molecular complexity index is 1050. The average Bonchev–Trinajstić information content (AvgIpc) is 2.69. The molecule has 0 amide bonds. The number of aromatic nitrogens is 3. The van der Waals surface area contributed by atoms with Gasteiger partial charge in [-0.1, -0.05) is 18.2 Å². The number of rotatable bonds is 6. The van der Waals surface area contributed by atoms with E-state index < -0.39 is 0 Å². The van der Waals surface area contributed by atoms with Crippen molar-refractivity contribution in [3.8, 4) is 34.9 Å². The van der Waals surface area contributed by atoms with Crippen molar-refractivity contribution >= 4 is 0 Å². The van der Waals surface area contributed by atoms with E-state index in [1.807, 2.05) is 50.2 Å². The molecule has 0 aliphatic rings. The van der Waals surface area contributed by atoms with E-state index in [0.717, 1.165) is 11.4 Å². The fourth-order valence-corrected chi connectivity index (χ4v) is 2.64. The Balaban J connectivity index is 1.66. The van der Waals surface area contributed by atoms with Crippen LogP contribution in [-0.2, 0) is 0 Å². The molecule has 4 aromatic rings. The quantitative estimate of drug-likeness (QED) is 0.414. The predicted molar refractivity (Wildman–Crippen MR) is 109 cm³/mol. The van der Waals surface area contributed by atoms with Gasteiger partial charge < -0.3 is 14.2 Å². The number of nitrogens with zero attached hydrogens (tertiary/aromatic N) is 3. The van der Waals surface area contributed by atoms with Crippen molar-refractivity contribution in [2.24, 2.45) is 0 Å². The summed E-state index contributed by atoms with van der Waals surface area (Å²) in [7, 11) is 0. The number of ether oxygens (including phenoxy) is 3. The molecule has 4 rings (SSSR count). The van der Waals surface area contributed by atoms with Crippen molar-refractivity contribution < 1.29 is 14.2 Å². The van der Waals surface area contributed by atoms with E-state index >= 15 is 0 Å². The van der Waals surface area contributed by atoms with Gasteiger partial charge >= 0.3 is 0 Å². The van der Waals surface area contributed by atoms with Gasteiger partial charge in [-0.3, -0.25) is 0 Å². The van der Waals surface area contributed by atoms with E-state index in [1.54, 1.807) is 42.6 Å². The van der Waals surface area contributed by atoms with Gasteiger partial charge in [-0.05, 0) is 32.0 Å². The molecule has 3 aromatic heterocycles. The lowest BCUT2D eigenvalue weighted by atomic mass is 10.3. The summed E-state index contributed by atoms with van der Waals surface area (Å²) in [5, 5.41) is 0. The molecule has 0 aliphatic heterocycles. The molecule has 0 fully saturated rings. The zero-order valence-electron chi connectivity index (χ0n) is 16.1. The maximum atomic E-state index is 5.93. The summed E-state index contributed by atoms with van der Waals surface area (Å²) in [6, 6.07) is 21.9. The molecular formula is C23H19N3O3. The van der Waals surface area contributed by atoms with Crippen LogP contribution in [0, 0.1) is 13.8 Å². The van der Waals surface area contributed by atoms with Gasteiger partial charge in [-0.2, -0.15) is 0 Å². The van der Waals surface area contributed by atoms with Crippen LogP contribution in [-0.4, -0.2) is 15.0 Å². The van der Waals surface area contributed by atoms with Crippen molar-refractivity contribution in [3.05, 3.63) is 90.4 Å². The van der Waals surface area contributed by atoms with Crippen LogP contribution in [0.4, 0.5) is 0 Å². The van der Waals surface area contributed by atoms with E-state index in [-0.39, 0.29) is 0 Å². The number of hydrogen-bond acceptors (Lipinski definition) is 6. The molecule has 0 radical (unpaired) electrons. The molecule has 6 nitrogen and oxygen atoms in total. The molecule has 0 atom stereocenters. The minimum absolute atomic E-state index is 0.470. The maximum absolute atomic E-state index is 5.93. The Morgan fingerprint density at radius 1 is 0.552 bits per heavy atom. The smallest absolute Gasteiger partial charge is 0.219 e. The van der Waals surface area contributed by atoms with Gasteiger partial charge in [0.25, 0.3) is 0 Å². The van der Waals surface area contributed by atoms with Crippen LogP contribution in [0.5, 0.6) is 34.9 Å². The first-order valence-corrected chi connectivity index (χ1v) is 9.11. The molecule has 0 aliphatic carbocycles. The standard InChI is InChI=1S/C23H19N3O3/c1-16-7-5-10-22(25-16)28-19-13-18(27-21-9-3-4-12-24-21)14-20(15-19)29-23-11-6-8-17(2)26-23/h3-15H,1-2H3. The highest BCUT2D eigenvalue weighted by Gasteiger charge is 2.09. The number of benzene rings is 1. The summed E-state index contributed by atoms with van der Waals surface area (Å²) < 4.78 is 17.7. The first-order chi connectivity index (χ1) is 14.1. The summed E-state index contributed by atoms with van der Waals surface area (Å²) in [4.78, 5) is 13.0. The molecular weight excluding hydrogens is 366 g/mol. The van der Waals surface area contributed by atoms with Crippen molar-refractivity contribution in [2.45, 2.75) is 13.8 Å². The van der Waals surface area contributed by atoms with Crippen molar-refractivity contribution in [2.75, 3.05) is 0 Å². The summed E-state index contributed by atoms with van der Waals surface area (Å²) in [6.07, 6.45) is 1.67. The minimum atomic E-state index is 0.470. The summed E-state index contributed by atoms with van der Waals surface area (Å²) in [5.41, 5.74) is 1.73. The molecule has 6 heteroatoms. The molecule has 3 heterocycles. The zero-order chi connectivity index (χ0) is 20.1. The van der Waals surface area contributed by atoms with Crippen LogP contribution in [0.2, 0.25) is 0 Å². The van der Waals surface area contributed by atoms with E-state index in [4.69, 9.17) is 14.2 Å². The largest absolute Gasteiger partial charge is 0.439 e. The van der Waals surface area contributed by atoms with Gasteiger partial charge in [-0.15, -0.1) is 0 Å². The second-order valence-corrected chi connectivity index (χ2v) is 6.35. The molecule has 0 saturated carbocycles. The predicted octanol–water partition coefficient (Wildman–Crippen LogP) is 5.87. The third kappa shape index (κ3) is 5.07. The Morgan fingerprint density at radius 3 is 1.48 bits per heavy atom. The van der Waals surface area contributed by atoms with Gasteiger partial charge in [0, 0.05) is 54.0 Å². The van der Waals surface area contributed by atoms with Gasteiger partial charge in [0.2, 0.25) is 17.6 Å².